The Hall–Kier alpha value is -2.04. The number of carbonyl (C=O) groups is 1. The number of halogens is 4. The molecule has 2 aromatic rings. The molecule has 11 heteroatoms. The van der Waals surface area contributed by atoms with Crippen molar-refractivity contribution >= 4 is 38.5 Å². The van der Waals surface area contributed by atoms with Crippen LogP contribution in [-0.4, -0.2) is 25.5 Å². The number of hydrogen-bond acceptors (Lipinski definition) is 6. The van der Waals surface area contributed by atoms with E-state index in [1.54, 1.807) is 0 Å². The summed E-state index contributed by atoms with van der Waals surface area (Å²) in [6, 6.07) is 5.49. The molecule has 0 aromatic heterocycles. The van der Waals surface area contributed by atoms with Gasteiger partial charge in [-0.3, -0.25) is 0 Å². The maximum absolute atomic E-state index is 13.0. The first-order chi connectivity index (χ1) is 13.0. The van der Waals surface area contributed by atoms with E-state index in [1.165, 1.54) is 52.0 Å². The Morgan fingerprint density at radius 2 is 1.76 bits per heavy atom. The monoisotopic (exact) mass is 453 g/mol. The number of aryl methyl sites for hydroxylation is 1. The zero-order valence-corrected chi connectivity index (χ0v) is 17.3. The number of benzene rings is 2. The van der Waals surface area contributed by atoms with Crippen molar-refractivity contribution in [1.29, 1.82) is 0 Å². The summed E-state index contributed by atoms with van der Waals surface area (Å²) in [7, 11) is -6.11. The van der Waals surface area contributed by atoms with Crippen LogP contribution in [0.2, 0.25) is 5.02 Å². The Morgan fingerprint density at radius 1 is 1.17 bits per heavy atom. The summed E-state index contributed by atoms with van der Waals surface area (Å²) in [6.45, 7) is 5.94. The standard InChI is InChI=1S/C18H18ClF3O6S/c1-9-7-10-5-6-11(19)8-12(10)14(28-29(25,26)18(20,21)22)13(9)15(16(23)24)27-17(2,3)4/h5-8,15H,1-4H3,(H,23,24)/p-1. The van der Waals surface area contributed by atoms with Crippen molar-refractivity contribution in [3.8, 4) is 5.75 Å². The summed E-state index contributed by atoms with van der Waals surface area (Å²) in [6.07, 6.45) is -1.91. The molecule has 160 valence electrons. The van der Waals surface area contributed by atoms with Gasteiger partial charge in [-0.25, -0.2) is 0 Å². The summed E-state index contributed by atoms with van der Waals surface area (Å²) in [5, 5.41) is 12.0. The van der Waals surface area contributed by atoms with E-state index in [4.69, 9.17) is 16.3 Å². The highest BCUT2D eigenvalue weighted by Crippen LogP contribution is 2.42. The average molecular weight is 454 g/mol. The number of carboxylic acids is 1. The topological polar surface area (TPSA) is 92.7 Å². The molecule has 0 aliphatic rings. The lowest BCUT2D eigenvalue weighted by Gasteiger charge is -2.31. The van der Waals surface area contributed by atoms with Gasteiger partial charge < -0.3 is 18.8 Å². The van der Waals surface area contributed by atoms with E-state index in [0.29, 0.717) is 0 Å². The Morgan fingerprint density at radius 3 is 2.24 bits per heavy atom. The molecule has 0 saturated heterocycles. The number of aliphatic carboxylic acids is 1. The summed E-state index contributed by atoms with van der Waals surface area (Å²) in [5.41, 5.74) is -7.07. The fourth-order valence-electron chi connectivity index (χ4n) is 2.64. The van der Waals surface area contributed by atoms with E-state index in [9.17, 15) is 31.5 Å². The molecule has 2 aromatic carbocycles. The molecule has 1 unspecified atom stereocenters. The van der Waals surface area contributed by atoms with E-state index in [2.05, 4.69) is 4.18 Å². The number of ether oxygens (including phenoxy) is 1. The SMILES string of the molecule is Cc1cc2ccc(Cl)cc2c(OS(=O)(=O)C(F)(F)F)c1C(OC(C)(C)C)C(=O)[O-]. The number of rotatable bonds is 5. The Balaban J connectivity index is 2.90. The molecule has 0 radical (unpaired) electrons. The average Bonchev–Trinajstić information content (AvgIpc) is 2.51. The number of fused-ring (bicyclic) bond motifs is 1. The number of carbonyl (C=O) groups excluding carboxylic acids is 1. The predicted octanol–water partition coefficient (Wildman–Crippen LogP) is 3.64. The van der Waals surface area contributed by atoms with Gasteiger partial charge in [0.05, 0.1) is 11.6 Å². The third-order valence-corrected chi connectivity index (χ3v) is 4.91. The van der Waals surface area contributed by atoms with E-state index in [-0.39, 0.29) is 21.4 Å². The molecule has 1 atom stereocenters. The van der Waals surface area contributed by atoms with Gasteiger partial charge in [0, 0.05) is 16.0 Å². The molecule has 2 rings (SSSR count). The summed E-state index contributed by atoms with van der Waals surface area (Å²) < 4.78 is 72.1. The van der Waals surface area contributed by atoms with Crippen LogP contribution in [0.15, 0.2) is 24.3 Å². The van der Waals surface area contributed by atoms with Gasteiger partial charge in [-0.05, 0) is 50.8 Å². The van der Waals surface area contributed by atoms with Crippen LogP contribution in [-0.2, 0) is 19.6 Å². The molecule has 0 bridgehead atoms. The fourth-order valence-corrected chi connectivity index (χ4v) is 3.30. The Bertz CT molecular complexity index is 1060. The summed E-state index contributed by atoms with van der Waals surface area (Å²) >= 11 is 5.91. The van der Waals surface area contributed by atoms with E-state index in [0.717, 1.165) is 0 Å². The summed E-state index contributed by atoms with van der Waals surface area (Å²) in [5.74, 6) is -2.61. The van der Waals surface area contributed by atoms with E-state index < -0.39 is 44.6 Å². The van der Waals surface area contributed by atoms with E-state index >= 15 is 0 Å². The Labute approximate surface area is 170 Å². The van der Waals surface area contributed by atoms with Crippen molar-refractivity contribution in [1.82, 2.24) is 0 Å². The molecule has 6 nitrogen and oxygen atoms in total. The minimum atomic E-state index is -6.11. The summed E-state index contributed by atoms with van der Waals surface area (Å²) in [4.78, 5) is 11.8. The van der Waals surface area contributed by atoms with Crippen LogP contribution in [0.5, 0.6) is 5.75 Å². The van der Waals surface area contributed by atoms with Crippen molar-refractivity contribution in [2.24, 2.45) is 0 Å². The maximum Gasteiger partial charge on any atom is 0.534 e. The van der Waals surface area contributed by atoms with Crippen LogP contribution in [0.4, 0.5) is 13.2 Å². The lowest BCUT2D eigenvalue weighted by Crippen LogP contribution is -2.37. The second-order valence-corrected chi connectivity index (χ2v) is 9.19. The molecule has 0 saturated carbocycles. The predicted molar refractivity (Wildman–Crippen MR) is 97.9 cm³/mol. The highest BCUT2D eigenvalue weighted by atomic mass is 35.5. The van der Waals surface area contributed by atoms with Crippen LogP contribution < -0.4 is 9.29 Å². The highest BCUT2D eigenvalue weighted by Gasteiger charge is 2.49. The van der Waals surface area contributed by atoms with Crippen molar-refractivity contribution in [2.75, 3.05) is 0 Å². The first-order valence-electron chi connectivity index (χ1n) is 8.15. The lowest BCUT2D eigenvalue weighted by atomic mass is 9.96. The molecule has 0 heterocycles. The molecule has 0 fully saturated rings. The number of alkyl halides is 3. The maximum atomic E-state index is 13.0. The third-order valence-electron chi connectivity index (χ3n) is 3.73. The normalized spacial score (nSPS) is 14.1. The van der Waals surface area contributed by atoms with Crippen molar-refractivity contribution in [2.45, 2.75) is 44.9 Å². The molecular formula is C18H17ClF3O6S-. The molecule has 0 N–H and O–H groups in total. The van der Waals surface area contributed by atoms with Crippen LogP contribution >= 0.6 is 11.6 Å². The quantitative estimate of drug-likeness (QED) is 0.507. The van der Waals surface area contributed by atoms with Gasteiger partial charge in [-0.15, -0.1) is 0 Å². The largest absolute Gasteiger partial charge is 0.547 e. The highest BCUT2D eigenvalue weighted by molar-refractivity contribution is 7.88. The first kappa shape index (κ1) is 23.2. The van der Waals surface area contributed by atoms with E-state index in [1.807, 2.05) is 0 Å². The van der Waals surface area contributed by atoms with Gasteiger partial charge in [0.2, 0.25) is 0 Å². The van der Waals surface area contributed by atoms with Gasteiger partial charge in [0.25, 0.3) is 0 Å². The fraction of sp³-hybridized carbons (Fsp3) is 0.389. The van der Waals surface area contributed by atoms with Crippen LogP contribution in [0.25, 0.3) is 10.8 Å². The minimum Gasteiger partial charge on any atom is -0.547 e. The molecule has 0 amide bonds. The molecule has 0 aliphatic heterocycles. The van der Waals surface area contributed by atoms with Crippen molar-refractivity contribution in [3.63, 3.8) is 0 Å². The second kappa shape index (κ2) is 7.66. The third kappa shape index (κ3) is 5.12. The van der Waals surface area contributed by atoms with Crippen LogP contribution in [0.3, 0.4) is 0 Å². The number of carboxylic acid groups (broad SMARTS) is 1. The molecule has 0 spiro atoms. The molecule has 29 heavy (non-hydrogen) atoms. The zero-order valence-electron chi connectivity index (χ0n) is 15.8. The van der Waals surface area contributed by atoms with Crippen LogP contribution in [0.1, 0.15) is 38.0 Å². The second-order valence-electron chi connectivity index (χ2n) is 7.21. The number of hydrogen-bond donors (Lipinski definition) is 0. The first-order valence-corrected chi connectivity index (χ1v) is 9.94. The van der Waals surface area contributed by atoms with Gasteiger partial charge >= 0.3 is 15.6 Å². The minimum absolute atomic E-state index is 0.0725. The van der Waals surface area contributed by atoms with Crippen molar-refractivity contribution in [3.05, 3.63) is 40.4 Å². The van der Waals surface area contributed by atoms with Gasteiger partial charge in [-0.1, -0.05) is 23.7 Å². The smallest absolute Gasteiger partial charge is 0.534 e. The van der Waals surface area contributed by atoms with Gasteiger partial charge in [-0.2, -0.15) is 21.6 Å². The van der Waals surface area contributed by atoms with Gasteiger partial charge in [0.15, 0.2) is 5.75 Å². The molecule has 0 aliphatic carbocycles. The van der Waals surface area contributed by atoms with Gasteiger partial charge in [0.1, 0.15) is 6.10 Å². The zero-order chi connectivity index (χ0) is 22.4. The lowest BCUT2D eigenvalue weighted by molar-refractivity contribution is -0.321. The van der Waals surface area contributed by atoms with Crippen molar-refractivity contribution < 1.29 is 40.4 Å². The molecular weight excluding hydrogens is 437 g/mol. The Kier molecular flexibility index (Phi) is 6.14. The van der Waals surface area contributed by atoms with Crippen LogP contribution in [0, 0.1) is 6.92 Å².